The summed E-state index contributed by atoms with van der Waals surface area (Å²) in [7, 11) is 0. The average Bonchev–Trinajstić information content (AvgIpc) is 3.21. The maximum atomic E-state index is 13.8. The summed E-state index contributed by atoms with van der Waals surface area (Å²) in [5.41, 5.74) is 5.09. The number of piperazine rings is 1. The molecule has 1 aliphatic heterocycles. The number of rotatable bonds is 6. The number of fused-ring (bicyclic) bond motifs is 1. The molecule has 9 heteroatoms. The fourth-order valence-corrected chi connectivity index (χ4v) is 4.80. The molecule has 0 amide bonds. The maximum Gasteiger partial charge on any atom is 0.336 e. The van der Waals surface area contributed by atoms with Crippen molar-refractivity contribution in [1.29, 1.82) is 0 Å². The summed E-state index contributed by atoms with van der Waals surface area (Å²) >= 11 is 0. The molecule has 1 saturated heterocycles. The van der Waals surface area contributed by atoms with Gasteiger partial charge in [-0.1, -0.05) is 6.07 Å². The highest BCUT2D eigenvalue weighted by Crippen LogP contribution is 2.34. The van der Waals surface area contributed by atoms with Gasteiger partial charge in [0.2, 0.25) is 6.30 Å². The minimum atomic E-state index is -3.03. The molecule has 0 radical (unpaired) electrons. The molecule has 0 bridgehead atoms. The highest BCUT2D eigenvalue weighted by atomic mass is 19.3. The normalized spacial score (nSPS) is 17.5. The first-order valence-corrected chi connectivity index (χ1v) is 10.9. The second-order valence-electron chi connectivity index (χ2n) is 8.45. The van der Waals surface area contributed by atoms with Crippen molar-refractivity contribution < 1.29 is 23.1 Å². The van der Waals surface area contributed by atoms with Crippen LogP contribution in [0.5, 0.6) is 0 Å². The van der Waals surface area contributed by atoms with E-state index < -0.39 is 18.7 Å². The molecule has 1 N–H and O–H groups in total. The Morgan fingerprint density at radius 2 is 1.73 bits per heavy atom. The van der Waals surface area contributed by atoms with Gasteiger partial charge in [-0.15, -0.1) is 0 Å². The van der Waals surface area contributed by atoms with E-state index in [1.165, 1.54) is 0 Å². The van der Waals surface area contributed by atoms with E-state index in [2.05, 4.69) is 9.88 Å². The fraction of sp³-hybridized carbons (Fsp3) is 0.417. The van der Waals surface area contributed by atoms with Crippen LogP contribution in [-0.4, -0.2) is 69.2 Å². The van der Waals surface area contributed by atoms with Crippen molar-refractivity contribution in [2.45, 2.75) is 39.5 Å². The van der Waals surface area contributed by atoms with Gasteiger partial charge in [0.25, 0.3) is 6.43 Å². The minimum Gasteiger partial charge on any atom is -0.478 e. The van der Waals surface area contributed by atoms with Crippen molar-refractivity contribution in [3.63, 3.8) is 0 Å². The lowest BCUT2D eigenvalue weighted by atomic mass is 9.99. The van der Waals surface area contributed by atoms with Gasteiger partial charge >= 0.3 is 5.97 Å². The summed E-state index contributed by atoms with van der Waals surface area (Å²) in [6.07, 6.45) is -1.66. The van der Waals surface area contributed by atoms with Gasteiger partial charge < -0.3 is 9.51 Å². The van der Waals surface area contributed by atoms with Crippen molar-refractivity contribution in [3.8, 4) is 11.1 Å². The summed E-state index contributed by atoms with van der Waals surface area (Å²) < 4.78 is 41.3. The Hall–Kier alpha value is -2.91. The quantitative estimate of drug-likeness (QED) is 0.547. The lowest BCUT2D eigenvalue weighted by Gasteiger charge is -2.39. The van der Waals surface area contributed by atoms with Crippen LogP contribution in [0.2, 0.25) is 0 Å². The molecule has 2 atom stereocenters. The van der Waals surface area contributed by atoms with Crippen molar-refractivity contribution in [2.24, 2.45) is 0 Å². The van der Waals surface area contributed by atoms with E-state index in [-0.39, 0.29) is 24.7 Å². The number of aromatic carboxylic acids is 1. The van der Waals surface area contributed by atoms with Crippen molar-refractivity contribution in [1.82, 2.24) is 19.2 Å². The van der Waals surface area contributed by atoms with Gasteiger partial charge in [0.05, 0.1) is 11.1 Å². The van der Waals surface area contributed by atoms with Crippen LogP contribution < -0.4 is 0 Å². The highest BCUT2D eigenvalue weighted by molar-refractivity contribution is 5.94. The van der Waals surface area contributed by atoms with E-state index in [9.17, 15) is 23.1 Å². The Morgan fingerprint density at radius 3 is 2.33 bits per heavy atom. The fourth-order valence-electron chi connectivity index (χ4n) is 4.80. The molecule has 0 spiro atoms. The Kier molecular flexibility index (Phi) is 6.45. The van der Waals surface area contributed by atoms with Gasteiger partial charge in [-0.3, -0.25) is 14.8 Å². The first-order chi connectivity index (χ1) is 15.7. The van der Waals surface area contributed by atoms with Crippen molar-refractivity contribution in [2.75, 3.05) is 26.2 Å². The molecule has 0 aliphatic carbocycles. The van der Waals surface area contributed by atoms with Crippen molar-refractivity contribution >= 4 is 11.5 Å². The predicted molar refractivity (Wildman–Crippen MR) is 120 cm³/mol. The molecule has 3 aromatic rings. The van der Waals surface area contributed by atoms with Gasteiger partial charge in [-0.2, -0.15) is 0 Å². The Morgan fingerprint density at radius 1 is 1.06 bits per heavy atom. The van der Waals surface area contributed by atoms with Crippen LogP contribution in [-0.2, 0) is 0 Å². The SMILES string of the molecule is Cc1ncccc1-c1ccn2c(C(C)N3CCN(C(F)C(F)F)CC3)c(C)c(C(=O)O)cc12. The molecule has 0 saturated carbocycles. The van der Waals surface area contributed by atoms with Crippen LogP contribution >= 0.6 is 0 Å². The summed E-state index contributed by atoms with van der Waals surface area (Å²) in [6, 6.07) is 7.24. The summed E-state index contributed by atoms with van der Waals surface area (Å²) in [4.78, 5) is 19.7. The monoisotopic (exact) mass is 460 g/mol. The lowest BCUT2D eigenvalue weighted by molar-refractivity contribution is -0.0688. The number of carboxylic acid groups (broad SMARTS) is 1. The average molecular weight is 461 g/mol. The number of pyridine rings is 2. The number of aryl methyl sites for hydroxylation is 1. The number of nitrogens with zero attached hydrogens (tertiary/aromatic N) is 4. The third kappa shape index (κ3) is 4.22. The number of hydrogen-bond donors (Lipinski definition) is 1. The smallest absolute Gasteiger partial charge is 0.336 e. The molecule has 0 aromatic carbocycles. The van der Waals surface area contributed by atoms with E-state index in [1.807, 2.05) is 42.6 Å². The van der Waals surface area contributed by atoms with Crippen LogP contribution in [0.1, 0.15) is 40.3 Å². The zero-order valence-electron chi connectivity index (χ0n) is 18.8. The van der Waals surface area contributed by atoms with Crippen LogP contribution in [0.4, 0.5) is 13.2 Å². The topological polar surface area (TPSA) is 61.1 Å². The third-order valence-electron chi connectivity index (χ3n) is 6.63. The summed E-state index contributed by atoms with van der Waals surface area (Å²) in [5, 5.41) is 9.89. The van der Waals surface area contributed by atoms with E-state index in [4.69, 9.17) is 0 Å². The molecule has 33 heavy (non-hydrogen) atoms. The van der Waals surface area contributed by atoms with Crippen LogP contribution in [0.25, 0.3) is 16.6 Å². The molecule has 6 nitrogen and oxygen atoms in total. The first-order valence-electron chi connectivity index (χ1n) is 10.9. The van der Waals surface area contributed by atoms with Crippen LogP contribution in [0.15, 0.2) is 36.7 Å². The van der Waals surface area contributed by atoms with E-state index in [0.29, 0.717) is 18.7 Å². The Bertz CT molecular complexity index is 1170. The molecular weight excluding hydrogens is 433 g/mol. The number of alkyl halides is 3. The van der Waals surface area contributed by atoms with Gasteiger partial charge in [0.1, 0.15) is 0 Å². The molecule has 176 valence electrons. The number of carbonyl (C=O) groups is 1. The Labute approximate surface area is 190 Å². The molecule has 2 unspecified atom stereocenters. The third-order valence-corrected chi connectivity index (χ3v) is 6.63. The molecule has 3 aromatic heterocycles. The molecule has 4 rings (SSSR count). The number of halogens is 3. The van der Waals surface area contributed by atoms with Gasteiger partial charge in [0.15, 0.2) is 0 Å². The van der Waals surface area contributed by atoms with Crippen LogP contribution in [0, 0.1) is 13.8 Å². The number of carboxylic acids is 1. The van der Waals surface area contributed by atoms with E-state index in [0.717, 1.165) is 32.9 Å². The zero-order valence-corrected chi connectivity index (χ0v) is 18.8. The van der Waals surface area contributed by atoms with E-state index in [1.54, 1.807) is 19.2 Å². The minimum absolute atomic E-state index is 0.183. The Balaban J connectivity index is 1.75. The molecule has 1 aliphatic rings. The van der Waals surface area contributed by atoms with Crippen molar-refractivity contribution in [3.05, 3.63) is 59.2 Å². The maximum absolute atomic E-state index is 13.8. The summed E-state index contributed by atoms with van der Waals surface area (Å²) in [6.45, 7) is 6.84. The largest absolute Gasteiger partial charge is 0.478 e. The van der Waals surface area contributed by atoms with Gasteiger partial charge in [0, 0.05) is 67.1 Å². The van der Waals surface area contributed by atoms with Gasteiger partial charge in [-0.05, 0) is 44.5 Å². The number of hydrogen-bond acceptors (Lipinski definition) is 4. The van der Waals surface area contributed by atoms with Crippen LogP contribution in [0.3, 0.4) is 0 Å². The second-order valence-corrected chi connectivity index (χ2v) is 8.45. The predicted octanol–water partition coefficient (Wildman–Crippen LogP) is 4.56. The highest BCUT2D eigenvalue weighted by Gasteiger charge is 2.32. The van der Waals surface area contributed by atoms with E-state index >= 15 is 0 Å². The number of aromatic nitrogens is 2. The lowest BCUT2D eigenvalue weighted by Crippen LogP contribution is -2.51. The molecule has 1 fully saturated rings. The van der Waals surface area contributed by atoms with Gasteiger partial charge in [-0.25, -0.2) is 18.0 Å². The zero-order chi connectivity index (χ0) is 23.9. The molecular formula is C24H27F3N4O2. The molecule has 4 heterocycles. The second kappa shape index (κ2) is 9.15. The summed E-state index contributed by atoms with van der Waals surface area (Å²) in [5.74, 6) is -1.01. The first kappa shape index (κ1) is 23.3. The standard InChI is InChI=1S/C24H27F3N4O2/c1-14-19(24(32)33)13-20-18(17-5-4-7-28-15(17)2)6-8-31(20)21(14)16(3)29-9-11-30(12-10-29)23(27)22(25)26/h4-8,13,16,22-23H,9-12H2,1-3H3,(H,32,33).